The van der Waals surface area contributed by atoms with Gasteiger partial charge in [0.25, 0.3) is 5.91 Å². The summed E-state index contributed by atoms with van der Waals surface area (Å²) < 4.78 is 0. The number of nitrogens with two attached hydrogens (primary N) is 1. The van der Waals surface area contributed by atoms with Crippen LogP contribution in [0.4, 0.5) is 0 Å². The Kier molecular flexibility index (Phi) is 6.08. The lowest BCUT2D eigenvalue weighted by Crippen LogP contribution is -2.65. The maximum Gasteiger partial charge on any atom is 0.255 e. The summed E-state index contributed by atoms with van der Waals surface area (Å²) >= 11 is 6.26. The van der Waals surface area contributed by atoms with Crippen molar-refractivity contribution in [2.45, 2.75) is 30.6 Å². The molecule has 0 saturated heterocycles. The largest absolute Gasteiger partial charge is 0.510 e. The van der Waals surface area contributed by atoms with E-state index in [2.05, 4.69) is 0 Å². The van der Waals surface area contributed by atoms with Crippen molar-refractivity contribution in [3.63, 3.8) is 0 Å². The molecule has 10 nitrogen and oxygen atoms in total. The molecule has 0 aliphatic heterocycles. The second-order valence-electron chi connectivity index (χ2n) is 9.08. The van der Waals surface area contributed by atoms with E-state index in [9.17, 15) is 39.9 Å². The third-order valence-corrected chi connectivity index (χ3v) is 7.39. The number of ketones is 2. The smallest absolute Gasteiger partial charge is 0.255 e. The Bertz CT molecular complexity index is 1210. The second kappa shape index (κ2) is 7.96. The molecule has 0 unspecified atom stereocenters. The number of carbonyl (C=O) groups excluding carboxylic acids is 3. The zero-order valence-electron chi connectivity index (χ0n) is 18.4. The van der Waals surface area contributed by atoms with Gasteiger partial charge < -0.3 is 31.3 Å². The molecule has 7 N–H and O–H groups in total. The van der Waals surface area contributed by atoms with E-state index in [0.29, 0.717) is 0 Å². The number of hydrogen-bond acceptors (Lipinski definition) is 9. The van der Waals surface area contributed by atoms with Crippen molar-refractivity contribution < 1.29 is 39.9 Å². The number of aromatic hydroxyl groups is 1. The van der Waals surface area contributed by atoms with Crippen LogP contribution in [0, 0.1) is 11.8 Å². The van der Waals surface area contributed by atoms with Gasteiger partial charge >= 0.3 is 0 Å². The summed E-state index contributed by atoms with van der Waals surface area (Å²) in [7, 11) is 3.03. The van der Waals surface area contributed by atoms with Crippen LogP contribution in [0.1, 0.15) is 29.3 Å². The molecule has 0 bridgehead atoms. The second-order valence-corrected chi connectivity index (χ2v) is 9.49. The molecule has 0 heterocycles. The van der Waals surface area contributed by atoms with Gasteiger partial charge in [0.15, 0.2) is 11.4 Å². The molecule has 0 spiro atoms. The highest BCUT2D eigenvalue weighted by molar-refractivity contribution is 6.33. The number of Topliss-reactive ketones (excluding diaryl/α,β-unsaturated/α-hetero) is 2. The summed E-state index contributed by atoms with van der Waals surface area (Å²) in [5.41, 5.74) is -1.21. The fourth-order valence-corrected chi connectivity index (χ4v) is 5.93. The third kappa shape index (κ3) is 3.03. The van der Waals surface area contributed by atoms with Crippen molar-refractivity contribution in [3.05, 3.63) is 50.9 Å². The van der Waals surface area contributed by atoms with Crippen molar-refractivity contribution in [1.29, 1.82) is 0 Å². The molecule has 3 aliphatic rings. The number of fused-ring (bicyclic) bond motifs is 3. The monoisotopic (exact) mass is 514 g/mol. The third-order valence-electron chi connectivity index (χ3n) is 7.07. The normalized spacial score (nSPS) is 32.7. The maximum atomic E-state index is 13.4. The van der Waals surface area contributed by atoms with Gasteiger partial charge in [0.05, 0.1) is 17.2 Å². The number of halogens is 2. The van der Waals surface area contributed by atoms with Gasteiger partial charge in [-0.25, -0.2) is 0 Å². The molecule has 12 heteroatoms. The predicted octanol–water partition coefficient (Wildman–Crippen LogP) is 0.861. The molecule has 0 fully saturated rings. The number of aliphatic hydroxyl groups is 4. The number of primary amides is 1. The minimum atomic E-state index is -2.78. The summed E-state index contributed by atoms with van der Waals surface area (Å²) in [5.74, 6) is -8.29. The molecule has 3 aliphatic carbocycles. The number of phenols is 1. The van der Waals surface area contributed by atoms with E-state index >= 15 is 0 Å². The average Bonchev–Trinajstić information content (AvgIpc) is 2.69. The van der Waals surface area contributed by atoms with Gasteiger partial charge in [0, 0.05) is 28.0 Å². The highest BCUT2D eigenvalue weighted by Gasteiger charge is 2.65. The first-order valence-electron chi connectivity index (χ1n) is 10.1. The number of amides is 1. The molecule has 34 heavy (non-hydrogen) atoms. The Morgan fingerprint density at radius 3 is 2.29 bits per heavy atom. The lowest BCUT2D eigenvalue weighted by Gasteiger charge is -2.52. The van der Waals surface area contributed by atoms with Gasteiger partial charge in [-0.2, -0.15) is 0 Å². The van der Waals surface area contributed by atoms with Crippen molar-refractivity contribution in [3.8, 4) is 5.75 Å². The van der Waals surface area contributed by atoms with Gasteiger partial charge in [-0.3, -0.25) is 19.3 Å². The number of rotatable bonds is 2. The van der Waals surface area contributed by atoms with E-state index in [1.165, 1.54) is 32.0 Å². The maximum absolute atomic E-state index is 13.4. The van der Waals surface area contributed by atoms with E-state index < -0.39 is 75.0 Å². The van der Waals surface area contributed by atoms with Crippen molar-refractivity contribution in [2.75, 3.05) is 14.1 Å². The van der Waals surface area contributed by atoms with Gasteiger partial charge in [0.1, 0.15) is 22.8 Å². The van der Waals surface area contributed by atoms with Crippen LogP contribution in [0.25, 0.3) is 0 Å². The minimum Gasteiger partial charge on any atom is -0.510 e. The van der Waals surface area contributed by atoms with E-state index in [-0.39, 0.29) is 35.0 Å². The number of benzene rings is 1. The van der Waals surface area contributed by atoms with E-state index in [1.807, 2.05) is 0 Å². The van der Waals surface area contributed by atoms with Crippen LogP contribution in [0.2, 0.25) is 5.02 Å². The van der Waals surface area contributed by atoms with E-state index in [0.717, 1.165) is 6.07 Å². The van der Waals surface area contributed by atoms with Crippen LogP contribution in [-0.4, -0.2) is 73.6 Å². The molecule has 184 valence electrons. The fraction of sp³-hybridized carbons (Fsp3) is 0.409. The number of carbonyl (C=O) groups is 3. The van der Waals surface area contributed by atoms with Crippen LogP contribution in [0.5, 0.6) is 5.75 Å². The number of nitrogens with zero attached hydrogens (tertiary/aromatic N) is 1. The quantitative estimate of drug-likeness (QED) is 0.311. The van der Waals surface area contributed by atoms with E-state index in [1.54, 1.807) is 0 Å². The van der Waals surface area contributed by atoms with Gasteiger partial charge in [-0.05, 0) is 39.6 Å². The lowest BCUT2D eigenvalue weighted by atomic mass is 9.55. The summed E-state index contributed by atoms with van der Waals surface area (Å²) in [5, 5.41) is 55.3. The highest BCUT2D eigenvalue weighted by Crippen LogP contribution is 2.57. The Labute approximate surface area is 205 Å². The average molecular weight is 515 g/mol. The molecule has 1 aromatic carbocycles. The van der Waals surface area contributed by atoms with Crippen LogP contribution in [-0.2, 0) is 15.2 Å². The van der Waals surface area contributed by atoms with E-state index in [4.69, 9.17) is 17.3 Å². The fourth-order valence-electron chi connectivity index (χ4n) is 5.59. The van der Waals surface area contributed by atoms with Crippen LogP contribution in [0.15, 0.2) is 34.8 Å². The molecule has 1 aromatic rings. The molecular formula is C22H24Cl2N2O8. The Morgan fingerprint density at radius 1 is 1.18 bits per heavy atom. The number of phenolic OH excluding ortho intramolecular Hbond substituents is 1. The summed E-state index contributed by atoms with van der Waals surface area (Å²) in [4.78, 5) is 40.0. The standard InChI is InChI=1S/C22H23ClN2O8.ClH/c1-21(32)7-6-8-15(25(2)3)17(28)13(20(24)31)19(30)22(8,33)18(29)11(7)16(27)12-10(26)5-4-9(23)14(12)21;/h4-5,7-8,15,26,28-29,32-33H,6H2,1-3H3,(H2,24,31);1H/t7-,8+,15-,21-,22-;/m0./s1. The highest BCUT2D eigenvalue weighted by atomic mass is 35.5. The summed E-state index contributed by atoms with van der Waals surface area (Å²) in [6.07, 6.45) is -0.259. The molecule has 4 rings (SSSR count). The van der Waals surface area contributed by atoms with Gasteiger partial charge in [-0.15, -0.1) is 12.4 Å². The molecular weight excluding hydrogens is 491 g/mol. The Hall–Kier alpha value is -2.63. The lowest BCUT2D eigenvalue weighted by molar-refractivity contribution is -0.151. The molecule has 0 saturated carbocycles. The topological polar surface area (TPSA) is 182 Å². The predicted molar refractivity (Wildman–Crippen MR) is 122 cm³/mol. The first kappa shape index (κ1) is 26.0. The molecule has 0 aromatic heterocycles. The van der Waals surface area contributed by atoms with Crippen molar-refractivity contribution in [1.82, 2.24) is 4.90 Å². The Morgan fingerprint density at radius 2 is 1.76 bits per heavy atom. The number of aliphatic hydroxyl groups excluding tert-OH is 2. The van der Waals surface area contributed by atoms with Crippen LogP contribution < -0.4 is 5.73 Å². The van der Waals surface area contributed by atoms with Crippen LogP contribution >= 0.6 is 24.0 Å². The first-order chi connectivity index (χ1) is 15.2. The Balaban J connectivity index is 0.00000324. The number of likely N-dealkylation sites (N-methyl/N-ethyl adjacent to an activating group) is 1. The number of hydrogen-bond donors (Lipinski definition) is 6. The molecule has 0 radical (unpaired) electrons. The van der Waals surface area contributed by atoms with Crippen molar-refractivity contribution >= 4 is 41.5 Å². The zero-order valence-corrected chi connectivity index (χ0v) is 19.9. The van der Waals surface area contributed by atoms with Gasteiger partial charge in [-0.1, -0.05) is 11.6 Å². The van der Waals surface area contributed by atoms with Crippen LogP contribution in [0.3, 0.4) is 0 Å². The van der Waals surface area contributed by atoms with Crippen molar-refractivity contribution in [2.24, 2.45) is 17.6 Å². The molecule has 5 atom stereocenters. The summed E-state index contributed by atoms with van der Waals surface area (Å²) in [6, 6.07) is 1.30. The zero-order chi connectivity index (χ0) is 24.8. The summed E-state index contributed by atoms with van der Waals surface area (Å²) in [6.45, 7) is 1.34. The SMILES string of the molecule is CN(C)[C@@H]1C(O)=C(C(N)=O)C(=O)[C@@]2(O)C(O)=C3C(=O)c4c(O)ccc(Cl)c4[C@@](C)(O)[C@H]3C[C@H]12.Cl. The first-order valence-corrected chi connectivity index (χ1v) is 10.5. The molecule has 1 amide bonds. The van der Waals surface area contributed by atoms with Gasteiger partial charge in [0.2, 0.25) is 5.78 Å². The minimum absolute atomic E-state index is 0.